The molecule has 80 valence electrons. The quantitative estimate of drug-likeness (QED) is 0.751. The summed E-state index contributed by atoms with van der Waals surface area (Å²) in [6, 6.07) is 2.69. The minimum Gasteiger partial charge on any atom is -0.379 e. The Balaban J connectivity index is 2.32. The van der Waals surface area contributed by atoms with Crippen molar-refractivity contribution in [3.63, 3.8) is 0 Å². The van der Waals surface area contributed by atoms with Crippen molar-refractivity contribution < 1.29 is 4.74 Å². The van der Waals surface area contributed by atoms with Crippen molar-refractivity contribution in [2.45, 2.75) is 37.6 Å². The fourth-order valence-corrected chi connectivity index (χ4v) is 2.44. The van der Waals surface area contributed by atoms with E-state index in [1.807, 2.05) is 18.7 Å². The van der Waals surface area contributed by atoms with E-state index in [0.29, 0.717) is 11.3 Å². The molecular formula is C10H18N2OS. The van der Waals surface area contributed by atoms with E-state index < -0.39 is 5.54 Å². The van der Waals surface area contributed by atoms with Gasteiger partial charge >= 0.3 is 0 Å². The molecule has 0 aromatic heterocycles. The largest absolute Gasteiger partial charge is 0.379 e. The lowest BCUT2D eigenvalue weighted by atomic mass is 10.1. The third-order valence-electron chi connectivity index (χ3n) is 2.07. The molecule has 1 saturated heterocycles. The molecule has 0 radical (unpaired) electrons. The molecule has 1 aliphatic heterocycles. The van der Waals surface area contributed by atoms with Gasteiger partial charge in [0.15, 0.2) is 0 Å². The fourth-order valence-electron chi connectivity index (χ4n) is 1.34. The summed E-state index contributed by atoms with van der Waals surface area (Å²) in [5.41, 5.74) is -0.408. The van der Waals surface area contributed by atoms with Crippen LogP contribution in [0.15, 0.2) is 0 Å². The Morgan fingerprint density at radius 3 is 2.64 bits per heavy atom. The van der Waals surface area contributed by atoms with E-state index in [1.54, 1.807) is 0 Å². The number of hydrogen-bond donors (Lipinski definition) is 1. The summed E-state index contributed by atoms with van der Waals surface area (Å²) in [5.74, 6) is 0.829. The van der Waals surface area contributed by atoms with Gasteiger partial charge in [-0.05, 0) is 20.8 Å². The van der Waals surface area contributed by atoms with Crippen LogP contribution in [-0.2, 0) is 4.74 Å². The zero-order chi connectivity index (χ0) is 10.6. The van der Waals surface area contributed by atoms with Gasteiger partial charge in [-0.3, -0.25) is 5.32 Å². The molecule has 0 aromatic rings. The Labute approximate surface area is 90.2 Å². The lowest BCUT2D eigenvalue weighted by molar-refractivity contribution is 0.0454. The van der Waals surface area contributed by atoms with Crippen LogP contribution in [0.25, 0.3) is 0 Å². The van der Waals surface area contributed by atoms with Crippen molar-refractivity contribution in [2.75, 3.05) is 19.0 Å². The normalized spacial score (nSPS) is 21.4. The third-order valence-corrected chi connectivity index (χ3v) is 3.56. The molecular weight excluding hydrogens is 196 g/mol. The zero-order valence-electron chi connectivity index (χ0n) is 9.04. The van der Waals surface area contributed by atoms with E-state index in [9.17, 15) is 0 Å². The summed E-state index contributed by atoms with van der Waals surface area (Å²) in [6.07, 6.45) is 0. The highest BCUT2D eigenvalue weighted by Gasteiger charge is 2.28. The van der Waals surface area contributed by atoms with Gasteiger partial charge in [-0.2, -0.15) is 17.0 Å². The Morgan fingerprint density at radius 2 is 2.29 bits per heavy atom. The summed E-state index contributed by atoms with van der Waals surface area (Å²) < 4.78 is 5.09. The van der Waals surface area contributed by atoms with Crippen LogP contribution in [0.5, 0.6) is 0 Å². The predicted octanol–water partition coefficient (Wildman–Crippen LogP) is 1.40. The van der Waals surface area contributed by atoms with Crippen LogP contribution >= 0.6 is 11.8 Å². The minimum absolute atomic E-state index is 0.345. The van der Waals surface area contributed by atoms with Gasteiger partial charge in [-0.1, -0.05) is 0 Å². The first kappa shape index (κ1) is 11.8. The van der Waals surface area contributed by atoms with E-state index >= 15 is 0 Å². The number of ether oxygens (including phenoxy) is 1. The first-order valence-corrected chi connectivity index (χ1v) is 5.99. The van der Waals surface area contributed by atoms with E-state index in [-0.39, 0.29) is 0 Å². The second kappa shape index (κ2) is 5.01. The molecule has 4 heteroatoms. The van der Waals surface area contributed by atoms with Crippen LogP contribution in [-0.4, -0.2) is 35.8 Å². The molecule has 0 aliphatic carbocycles. The van der Waals surface area contributed by atoms with Crippen molar-refractivity contribution in [2.24, 2.45) is 0 Å². The Kier molecular flexibility index (Phi) is 4.24. The average Bonchev–Trinajstić information content (AvgIpc) is 2.00. The van der Waals surface area contributed by atoms with Crippen LogP contribution < -0.4 is 5.32 Å². The molecule has 1 rings (SSSR count). The van der Waals surface area contributed by atoms with Gasteiger partial charge < -0.3 is 4.74 Å². The second-order valence-electron chi connectivity index (χ2n) is 4.21. The zero-order valence-corrected chi connectivity index (χ0v) is 9.86. The standard InChI is InChI=1S/C10H18N2OS/c1-8(2)12-10(3,6-11)7-14-9-4-13-5-9/h8-9,12H,4-5,7H2,1-3H3. The van der Waals surface area contributed by atoms with Crippen molar-refractivity contribution in [3.8, 4) is 6.07 Å². The number of rotatable bonds is 5. The molecule has 1 aliphatic rings. The number of nitrogens with one attached hydrogen (secondary N) is 1. The van der Waals surface area contributed by atoms with E-state index in [4.69, 9.17) is 10.00 Å². The monoisotopic (exact) mass is 214 g/mol. The van der Waals surface area contributed by atoms with E-state index in [0.717, 1.165) is 19.0 Å². The van der Waals surface area contributed by atoms with Gasteiger partial charge in [-0.15, -0.1) is 0 Å². The van der Waals surface area contributed by atoms with Gasteiger partial charge in [-0.25, -0.2) is 0 Å². The lowest BCUT2D eigenvalue weighted by Gasteiger charge is -2.30. The number of hydrogen-bond acceptors (Lipinski definition) is 4. The fraction of sp³-hybridized carbons (Fsp3) is 0.900. The summed E-state index contributed by atoms with van der Waals surface area (Å²) in [6.45, 7) is 7.76. The SMILES string of the molecule is CC(C)NC(C)(C#N)CSC1COC1. The van der Waals surface area contributed by atoms with Crippen LogP contribution in [0, 0.1) is 11.3 Å². The molecule has 3 nitrogen and oxygen atoms in total. The molecule has 1 heterocycles. The highest BCUT2D eigenvalue weighted by molar-refractivity contribution is 8.00. The highest BCUT2D eigenvalue weighted by Crippen LogP contribution is 2.23. The van der Waals surface area contributed by atoms with Gasteiger partial charge in [0.25, 0.3) is 0 Å². The van der Waals surface area contributed by atoms with Gasteiger partial charge in [0.05, 0.1) is 24.5 Å². The Hall–Kier alpha value is -0.240. The highest BCUT2D eigenvalue weighted by atomic mass is 32.2. The smallest absolute Gasteiger partial charge is 0.113 e. The summed E-state index contributed by atoms with van der Waals surface area (Å²) in [7, 11) is 0. The second-order valence-corrected chi connectivity index (χ2v) is 5.50. The molecule has 0 bridgehead atoms. The van der Waals surface area contributed by atoms with Crippen molar-refractivity contribution in [1.82, 2.24) is 5.32 Å². The molecule has 1 unspecified atom stereocenters. The predicted molar refractivity (Wildman–Crippen MR) is 59.4 cm³/mol. The van der Waals surface area contributed by atoms with Crippen molar-refractivity contribution in [1.29, 1.82) is 5.26 Å². The molecule has 1 atom stereocenters. The molecule has 0 saturated carbocycles. The molecule has 1 N–H and O–H groups in total. The lowest BCUT2D eigenvalue weighted by Crippen LogP contribution is -2.48. The molecule has 1 fully saturated rings. The van der Waals surface area contributed by atoms with Crippen LogP contribution in [0.3, 0.4) is 0 Å². The molecule has 14 heavy (non-hydrogen) atoms. The summed E-state index contributed by atoms with van der Waals surface area (Å²) >= 11 is 1.83. The first-order valence-electron chi connectivity index (χ1n) is 4.94. The van der Waals surface area contributed by atoms with Crippen LogP contribution in [0.4, 0.5) is 0 Å². The third kappa shape index (κ3) is 3.49. The van der Waals surface area contributed by atoms with Gasteiger partial charge in [0.1, 0.15) is 5.54 Å². The maximum Gasteiger partial charge on any atom is 0.113 e. The number of nitriles is 1. The van der Waals surface area contributed by atoms with Crippen LogP contribution in [0.1, 0.15) is 20.8 Å². The maximum atomic E-state index is 9.08. The molecule has 0 spiro atoms. The van der Waals surface area contributed by atoms with Crippen molar-refractivity contribution >= 4 is 11.8 Å². The average molecular weight is 214 g/mol. The van der Waals surface area contributed by atoms with E-state index in [2.05, 4.69) is 25.2 Å². The Bertz CT molecular complexity index is 223. The molecule has 0 aromatic carbocycles. The minimum atomic E-state index is -0.408. The number of nitrogens with zero attached hydrogens (tertiary/aromatic N) is 1. The Morgan fingerprint density at radius 1 is 1.64 bits per heavy atom. The van der Waals surface area contributed by atoms with Gasteiger partial charge in [0.2, 0.25) is 0 Å². The van der Waals surface area contributed by atoms with Crippen LogP contribution in [0.2, 0.25) is 0 Å². The number of thioether (sulfide) groups is 1. The first-order chi connectivity index (χ1) is 6.56. The summed E-state index contributed by atoms with van der Waals surface area (Å²) in [5, 5.41) is 13.0. The molecule has 0 amide bonds. The van der Waals surface area contributed by atoms with E-state index in [1.165, 1.54) is 0 Å². The van der Waals surface area contributed by atoms with Crippen molar-refractivity contribution in [3.05, 3.63) is 0 Å². The topological polar surface area (TPSA) is 45.0 Å². The maximum absolute atomic E-state index is 9.08. The van der Waals surface area contributed by atoms with Gasteiger partial charge in [0, 0.05) is 11.8 Å². The summed E-state index contributed by atoms with van der Waals surface area (Å²) in [4.78, 5) is 0.